The molecule has 1 fully saturated rings. The minimum absolute atomic E-state index is 0.138. The van der Waals surface area contributed by atoms with Crippen LogP contribution in [0, 0.1) is 0 Å². The molecule has 0 unspecified atom stereocenters. The van der Waals surface area contributed by atoms with Gasteiger partial charge in [-0.25, -0.2) is 4.79 Å². The number of likely N-dealkylation sites (tertiary alicyclic amines) is 1. The Labute approximate surface area is 224 Å². The van der Waals surface area contributed by atoms with E-state index in [1.54, 1.807) is 12.1 Å². The van der Waals surface area contributed by atoms with Gasteiger partial charge >= 0.3 is 12.1 Å². The van der Waals surface area contributed by atoms with Gasteiger partial charge in [0.05, 0.1) is 11.1 Å². The Kier molecular flexibility index (Phi) is 7.17. The van der Waals surface area contributed by atoms with Gasteiger partial charge in [0, 0.05) is 19.5 Å². The summed E-state index contributed by atoms with van der Waals surface area (Å²) in [6.07, 6.45) is -2.06. The van der Waals surface area contributed by atoms with E-state index in [2.05, 4.69) is 12.1 Å². The largest absolute Gasteiger partial charge is 0.478 e. The topological polar surface area (TPSA) is 57.6 Å². The van der Waals surface area contributed by atoms with Crippen LogP contribution in [0.1, 0.15) is 53.6 Å². The van der Waals surface area contributed by atoms with E-state index in [0.717, 1.165) is 54.6 Å². The highest BCUT2D eigenvalue weighted by Gasteiger charge is 2.30. The van der Waals surface area contributed by atoms with E-state index in [4.69, 9.17) is 0 Å². The van der Waals surface area contributed by atoms with Crippen LogP contribution < -0.4 is 0 Å². The van der Waals surface area contributed by atoms with Crippen molar-refractivity contribution >= 4 is 22.6 Å². The van der Waals surface area contributed by atoms with Crippen molar-refractivity contribution in [3.05, 3.63) is 95.6 Å². The van der Waals surface area contributed by atoms with Crippen LogP contribution in [-0.2, 0) is 11.0 Å². The minimum atomic E-state index is -4.41. The molecule has 0 bridgehead atoms. The van der Waals surface area contributed by atoms with E-state index < -0.39 is 17.7 Å². The number of aromatic carboxylic acids is 1. The summed E-state index contributed by atoms with van der Waals surface area (Å²) in [7, 11) is 0. The van der Waals surface area contributed by atoms with E-state index >= 15 is 0 Å². The summed E-state index contributed by atoms with van der Waals surface area (Å²) in [5, 5.41) is 11.3. The predicted octanol–water partition coefficient (Wildman–Crippen LogP) is 8.01. The molecule has 1 amide bonds. The van der Waals surface area contributed by atoms with E-state index in [1.165, 1.54) is 17.7 Å². The van der Waals surface area contributed by atoms with E-state index in [1.807, 2.05) is 42.2 Å². The fourth-order valence-electron chi connectivity index (χ4n) is 5.38. The average molecular weight is 532 g/mol. The number of fused-ring (bicyclic) bond motifs is 1. The first-order chi connectivity index (χ1) is 18.6. The lowest BCUT2D eigenvalue weighted by Crippen LogP contribution is -2.37. The number of carbonyl (C=O) groups is 2. The van der Waals surface area contributed by atoms with Crippen LogP contribution in [0.4, 0.5) is 13.2 Å². The van der Waals surface area contributed by atoms with Crippen molar-refractivity contribution in [3.8, 4) is 22.3 Å². The van der Waals surface area contributed by atoms with Gasteiger partial charge in [0.1, 0.15) is 0 Å². The van der Waals surface area contributed by atoms with Crippen molar-refractivity contribution in [2.45, 2.75) is 38.3 Å². The van der Waals surface area contributed by atoms with Crippen LogP contribution in [0.25, 0.3) is 33.0 Å². The predicted molar refractivity (Wildman–Crippen MR) is 146 cm³/mol. The number of hydrogen-bond acceptors (Lipinski definition) is 2. The lowest BCUT2D eigenvalue weighted by Gasteiger charge is -2.32. The number of rotatable bonds is 5. The molecule has 0 spiro atoms. The van der Waals surface area contributed by atoms with Gasteiger partial charge in [-0.05, 0) is 87.7 Å². The van der Waals surface area contributed by atoms with Gasteiger partial charge in [-0.1, -0.05) is 55.5 Å². The molecule has 1 aliphatic rings. The molecule has 1 saturated heterocycles. The molecule has 1 aliphatic heterocycles. The molecule has 1 heterocycles. The minimum Gasteiger partial charge on any atom is -0.478 e. The fraction of sp³-hybridized carbons (Fsp3) is 0.250. The molecule has 4 aromatic carbocycles. The van der Waals surface area contributed by atoms with Gasteiger partial charge < -0.3 is 10.0 Å². The van der Waals surface area contributed by atoms with Gasteiger partial charge in [-0.15, -0.1) is 0 Å². The van der Waals surface area contributed by atoms with Crippen LogP contribution in [-0.4, -0.2) is 35.0 Å². The number of carboxylic acids is 1. The Morgan fingerprint density at radius 2 is 1.46 bits per heavy atom. The van der Waals surface area contributed by atoms with Crippen molar-refractivity contribution in [1.29, 1.82) is 0 Å². The first-order valence-corrected chi connectivity index (χ1v) is 13.0. The molecule has 0 aromatic heterocycles. The van der Waals surface area contributed by atoms with Crippen molar-refractivity contribution in [2.75, 3.05) is 13.1 Å². The molecular weight excluding hydrogens is 503 g/mol. The summed E-state index contributed by atoms with van der Waals surface area (Å²) < 4.78 is 38.9. The highest BCUT2D eigenvalue weighted by atomic mass is 19.4. The van der Waals surface area contributed by atoms with Gasteiger partial charge in [-0.3, -0.25) is 4.79 Å². The number of piperidine rings is 1. The molecule has 1 N–H and O–H groups in total. The van der Waals surface area contributed by atoms with Crippen molar-refractivity contribution < 1.29 is 27.9 Å². The first kappa shape index (κ1) is 26.5. The lowest BCUT2D eigenvalue weighted by molar-refractivity contribution is -0.137. The van der Waals surface area contributed by atoms with Gasteiger partial charge in [-0.2, -0.15) is 13.2 Å². The van der Waals surface area contributed by atoms with Crippen molar-refractivity contribution in [1.82, 2.24) is 4.90 Å². The number of alkyl halides is 3. The Balaban J connectivity index is 1.46. The number of carbonyl (C=O) groups excluding carboxylic acids is 1. The summed E-state index contributed by atoms with van der Waals surface area (Å²) in [5.74, 6) is -0.494. The normalized spacial score (nSPS) is 14.5. The average Bonchev–Trinajstić information content (AvgIpc) is 2.95. The molecule has 0 aliphatic carbocycles. The smallest absolute Gasteiger partial charge is 0.416 e. The lowest BCUT2D eigenvalue weighted by atomic mass is 9.87. The quantitative estimate of drug-likeness (QED) is 0.284. The molecule has 0 radical (unpaired) electrons. The second-order valence-corrected chi connectivity index (χ2v) is 9.97. The number of carboxylic acid groups (broad SMARTS) is 1. The monoisotopic (exact) mass is 531 g/mol. The van der Waals surface area contributed by atoms with Crippen LogP contribution in [0.5, 0.6) is 0 Å². The maximum absolute atomic E-state index is 13.0. The summed E-state index contributed by atoms with van der Waals surface area (Å²) >= 11 is 0. The number of benzene rings is 4. The molecule has 0 atom stereocenters. The van der Waals surface area contributed by atoms with Gasteiger partial charge in [0.15, 0.2) is 0 Å². The molecule has 4 aromatic rings. The second kappa shape index (κ2) is 10.6. The van der Waals surface area contributed by atoms with Gasteiger partial charge in [0.25, 0.3) is 0 Å². The van der Waals surface area contributed by atoms with Crippen LogP contribution in [0.15, 0.2) is 78.9 Å². The summed E-state index contributed by atoms with van der Waals surface area (Å²) in [5.41, 5.74) is 3.60. The fourth-order valence-corrected chi connectivity index (χ4v) is 5.38. The number of amides is 1. The Morgan fingerprint density at radius 1 is 0.846 bits per heavy atom. The zero-order valence-electron chi connectivity index (χ0n) is 21.5. The third kappa shape index (κ3) is 5.53. The molecular formula is C32H28F3NO3. The maximum Gasteiger partial charge on any atom is 0.416 e. The maximum atomic E-state index is 13.0. The summed E-state index contributed by atoms with van der Waals surface area (Å²) in [6, 6.07) is 21.9. The second-order valence-electron chi connectivity index (χ2n) is 9.97. The molecule has 7 heteroatoms. The Hall–Kier alpha value is -4.13. The number of halogens is 3. The number of hydrogen-bond donors (Lipinski definition) is 1. The molecule has 4 nitrogen and oxygen atoms in total. The molecule has 39 heavy (non-hydrogen) atoms. The third-order valence-electron chi connectivity index (χ3n) is 7.59. The Bertz CT molecular complexity index is 1520. The zero-order chi connectivity index (χ0) is 27.7. The van der Waals surface area contributed by atoms with Gasteiger partial charge in [0.2, 0.25) is 5.91 Å². The highest BCUT2D eigenvalue weighted by molar-refractivity contribution is 6.04. The van der Waals surface area contributed by atoms with Crippen LogP contribution >= 0.6 is 0 Å². The van der Waals surface area contributed by atoms with Crippen LogP contribution in [0.2, 0.25) is 0 Å². The zero-order valence-corrected chi connectivity index (χ0v) is 21.5. The van der Waals surface area contributed by atoms with E-state index in [0.29, 0.717) is 28.9 Å². The van der Waals surface area contributed by atoms with Crippen molar-refractivity contribution in [3.63, 3.8) is 0 Å². The van der Waals surface area contributed by atoms with Crippen molar-refractivity contribution in [2.24, 2.45) is 0 Å². The summed E-state index contributed by atoms with van der Waals surface area (Å²) in [6.45, 7) is 3.39. The summed E-state index contributed by atoms with van der Waals surface area (Å²) in [4.78, 5) is 25.8. The molecule has 0 saturated carbocycles. The Morgan fingerprint density at radius 3 is 2.05 bits per heavy atom. The van der Waals surface area contributed by atoms with Crippen LogP contribution in [0.3, 0.4) is 0 Å². The van der Waals surface area contributed by atoms with E-state index in [9.17, 15) is 27.9 Å². The first-order valence-electron chi connectivity index (χ1n) is 13.0. The van der Waals surface area contributed by atoms with E-state index in [-0.39, 0.29) is 11.5 Å². The standard InChI is InChI=1S/C32H28F3NO3/c1-2-30(37)36-15-13-22(14-16-36)20-3-5-23(6-4-20)29-19-26(31(38)39)18-25-17-24(9-12-28(25)29)21-7-10-27(11-8-21)32(33,34)35/h3-12,17-19,22H,2,13-16H2,1H3,(H,38,39). The molecule has 5 rings (SSSR count). The number of nitrogens with zero attached hydrogens (tertiary/aromatic N) is 1. The highest BCUT2D eigenvalue weighted by Crippen LogP contribution is 2.36. The SMILES string of the molecule is CCC(=O)N1CCC(c2ccc(-c3cc(C(=O)O)cc4cc(-c5ccc(C(F)(F)F)cc5)ccc34)cc2)CC1. The molecule has 200 valence electrons. The third-order valence-corrected chi connectivity index (χ3v) is 7.59.